The summed E-state index contributed by atoms with van der Waals surface area (Å²) < 4.78 is 1.06. The van der Waals surface area contributed by atoms with Gasteiger partial charge >= 0.3 is 5.69 Å². The van der Waals surface area contributed by atoms with E-state index in [4.69, 9.17) is 0 Å². The highest BCUT2D eigenvalue weighted by atomic mass is 16.3. The molecule has 1 aliphatic rings. The van der Waals surface area contributed by atoms with Crippen molar-refractivity contribution in [1.29, 1.82) is 0 Å². The molecule has 1 aliphatic heterocycles. The topological polar surface area (TPSA) is 91.9 Å². The number of hydrogen-bond donors (Lipinski definition) is 3. The normalized spacial score (nSPS) is 20.0. The van der Waals surface area contributed by atoms with Crippen molar-refractivity contribution in [2.45, 2.75) is 32.0 Å². The Bertz CT molecular complexity index is 922. The first kappa shape index (κ1) is 18.8. The lowest BCUT2D eigenvalue weighted by atomic mass is 10.0. The van der Waals surface area contributed by atoms with Crippen LogP contribution in [0.5, 0.6) is 5.88 Å². The van der Waals surface area contributed by atoms with Crippen LogP contribution < -0.4 is 16.1 Å². The molecule has 7 nitrogen and oxygen atoms in total. The van der Waals surface area contributed by atoms with Crippen LogP contribution in [0.1, 0.15) is 24.0 Å². The van der Waals surface area contributed by atoms with Crippen LogP contribution in [0.4, 0.5) is 0 Å². The van der Waals surface area contributed by atoms with E-state index in [-0.39, 0.29) is 24.0 Å². The molecule has 3 rings (SSSR count). The second-order valence-electron chi connectivity index (χ2n) is 6.82. The zero-order valence-corrected chi connectivity index (χ0v) is 15.2. The molecule has 0 bridgehead atoms. The summed E-state index contributed by atoms with van der Waals surface area (Å²) >= 11 is 0. The van der Waals surface area contributed by atoms with E-state index in [1.54, 1.807) is 0 Å². The number of rotatable bonds is 6. The Labute approximate surface area is 157 Å². The summed E-state index contributed by atoms with van der Waals surface area (Å²) in [4.78, 5) is 32.0. The van der Waals surface area contributed by atoms with Crippen LogP contribution in [-0.2, 0) is 13.1 Å². The number of aliphatic imine (C=N–C) groups is 1. The van der Waals surface area contributed by atoms with Crippen molar-refractivity contribution < 1.29 is 10.0 Å². The van der Waals surface area contributed by atoms with Crippen molar-refractivity contribution in [1.82, 2.24) is 9.55 Å². The van der Waals surface area contributed by atoms with E-state index in [0.29, 0.717) is 0 Å². The van der Waals surface area contributed by atoms with Gasteiger partial charge in [0.1, 0.15) is 12.1 Å². The summed E-state index contributed by atoms with van der Waals surface area (Å²) in [7, 11) is 0. The molecule has 142 valence electrons. The summed E-state index contributed by atoms with van der Waals surface area (Å²) in [6.07, 6.45) is 4.71. The molecule has 2 aromatic rings. The molecule has 3 N–H and O–H groups in total. The van der Waals surface area contributed by atoms with Gasteiger partial charge in [-0.15, -0.1) is 6.58 Å². The van der Waals surface area contributed by atoms with E-state index in [2.05, 4.69) is 40.8 Å². The molecule has 0 atom stereocenters. The number of piperidine rings is 1. The van der Waals surface area contributed by atoms with Gasteiger partial charge in [0.2, 0.25) is 5.88 Å². The molecular weight excluding hydrogens is 344 g/mol. The number of benzene rings is 1. The highest BCUT2D eigenvalue weighted by molar-refractivity contribution is 5.82. The Hall–Kier alpha value is -2.93. The Kier molecular flexibility index (Phi) is 6.03. The van der Waals surface area contributed by atoms with Gasteiger partial charge in [-0.2, -0.15) is 0 Å². The number of hydrogen-bond acceptors (Lipinski definition) is 4. The fraction of sp³-hybridized carbons (Fsp3) is 0.350. The third-order valence-electron chi connectivity index (χ3n) is 4.89. The average molecular weight is 369 g/mol. The van der Waals surface area contributed by atoms with Gasteiger partial charge in [-0.05, 0) is 0 Å². The SMILES string of the molecule is C=CCn1c(O)c(C=NC2CC[NH+](Cc3ccccc3)CC2)c(=O)[nH]c1=O. The van der Waals surface area contributed by atoms with E-state index in [9.17, 15) is 14.7 Å². The Morgan fingerprint density at radius 3 is 2.63 bits per heavy atom. The molecule has 1 aromatic carbocycles. The first-order valence-corrected chi connectivity index (χ1v) is 9.16. The highest BCUT2D eigenvalue weighted by Crippen LogP contribution is 2.10. The first-order valence-electron chi connectivity index (χ1n) is 9.16. The number of aromatic amines is 1. The molecule has 0 amide bonds. The van der Waals surface area contributed by atoms with Crippen LogP contribution in [0.2, 0.25) is 0 Å². The van der Waals surface area contributed by atoms with E-state index >= 15 is 0 Å². The minimum absolute atomic E-state index is 0.00973. The summed E-state index contributed by atoms with van der Waals surface area (Å²) in [6.45, 7) is 6.68. The smallest absolute Gasteiger partial charge is 0.331 e. The lowest BCUT2D eigenvalue weighted by Crippen LogP contribution is -3.12. The van der Waals surface area contributed by atoms with Gasteiger partial charge in [0, 0.05) is 31.2 Å². The van der Waals surface area contributed by atoms with Gasteiger partial charge in [0.15, 0.2) is 0 Å². The van der Waals surface area contributed by atoms with Crippen LogP contribution in [-0.4, -0.2) is 40.0 Å². The number of aromatic nitrogens is 2. The first-order chi connectivity index (χ1) is 13.1. The molecule has 0 saturated carbocycles. The molecule has 1 fully saturated rings. The summed E-state index contributed by atoms with van der Waals surface area (Å²) in [5.41, 5.74) is 0.0481. The second kappa shape index (κ2) is 8.64. The summed E-state index contributed by atoms with van der Waals surface area (Å²) in [5.74, 6) is -0.375. The van der Waals surface area contributed by atoms with Crippen molar-refractivity contribution in [3.8, 4) is 5.88 Å². The number of nitrogens with zero attached hydrogens (tertiary/aromatic N) is 2. The Balaban J connectivity index is 1.64. The fourth-order valence-electron chi connectivity index (χ4n) is 3.39. The van der Waals surface area contributed by atoms with Gasteiger partial charge < -0.3 is 10.0 Å². The average Bonchev–Trinajstić information content (AvgIpc) is 2.67. The van der Waals surface area contributed by atoms with Gasteiger partial charge in [0.05, 0.1) is 19.1 Å². The maximum Gasteiger partial charge on any atom is 0.331 e. The monoisotopic (exact) mass is 369 g/mol. The molecule has 7 heteroatoms. The van der Waals surface area contributed by atoms with Crippen LogP contribution >= 0.6 is 0 Å². The van der Waals surface area contributed by atoms with Gasteiger partial charge in [-0.3, -0.25) is 19.3 Å². The lowest BCUT2D eigenvalue weighted by molar-refractivity contribution is -0.918. The number of likely N-dealkylation sites (tertiary alicyclic amines) is 1. The van der Waals surface area contributed by atoms with E-state index < -0.39 is 11.2 Å². The Morgan fingerprint density at radius 2 is 1.96 bits per heavy atom. The van der Waals surface area contributed by atoms with Gasteiger partial charge in [-0.25, -0.2) is 4.79 Å². The molecular formula is C20H25N4O3+. The van der Waals surface area contributed by atoms with E-state index in [1.165, 1.54) is 22.8 Å². The third-order valence-corrected chi connectivity index (χ3v) is 4.89. The van der Waals surface area contributed by atoms with Gasteiger partial charge in [0.25, 0.3) is 5.56 Å². The third kappa shape index (κ3) is 4.62. The van der Waals surface area contributed by atoms with Crippen LogP contribution in [0.15, 0.2) is 57.6 Å². The standard InChI is InChI=1S/C20H24N4O3/c1-2-10-24-19(26)17(18(25)22-20(24)27)13-21-16-8-11-23(12-9-16)14-15-6-4-3-5-7-15/h2-7,13,16,26H,1,8-12,14H2,(H,22,25,27)/p+1. The fourth-order valence-corrected chi connectivity index (χ4v) is 3.39. The molecule has 0 aliphatic carbocycles. The predicted octanol–water partition coefficient (Wildman–Crippen LogP) is 0.0946. The quantitative estimate of drug-likeness (QED) is 0.498. The van der Waals surface area contributed by atoms with Gasteiger partial charge in [-0.1, -0.05) is 36.4 Å². The predicted molar refractivity (Wildman–Crippen MR) is 105 cm³/mol. The maximum absolute atomic E-state index is 12.0. The molecule has 1 saturated heterocycles. The lowest BCUT2D eigenvalue weighted by Gasteiger charge is -2.27. The number of allylic oxidation sites excluding steroid dienone is 1. The van der Waals surface area contributed by atoms with Crippen molar-refractivity contribution in [2.75, 3.05) is 13.1 Å². The minimum atomic E-state index is -0.660. The zero-order chi connectivity index (χ0) is 19.2. The van der Waals surface area contributed by atoms with Crippen LogP contribution in [0.3, 0.4) is 0 Å². The van der Waals surface area contributed by atoms with E-state index in [1.807, 2.05) is 6.07 Å². The summed E-state index contributed by atoms with van der Waals surface area (Å²) in [5, 5.41) is 10.2. The van der Waals surface area contributed by atoms with Crippen molar-refractivity contribution in [3.05, 3.63) is 75.0 Å². The minimum Gasteiger partial charge on any atom is -0.494 e. The molecule has 1 aromatic heterocycles. The largest absolute Gasteiger partial charge is 0.494 e. The maximum atomic E-state index is 12.0. The molecule has 2 heterocycles. The highest BCUT2D eigenvalue weighted by Gasteiger charge is 2.21. The van der Waals surface area contributed by atoms with Crippen molar-refractivity contribution in [2.24, 2.45) is 4.99 Å². The summed E-state index contributed by atoms with van der Waals surface area (Å²) in [6, 6.07) is 10.5. The number of aromatic hydroxyl groups is 1. The zero-order valence-electron chi connectivity index (χ0n) is 15.2. The molecule has 0 spiro atoms. The Morgan fingerprint density at radius 1 is 1.26 bits per heavy atom. The van der Waals surface area contributed by atoms with Crippen molar-refractivity contribution in [3.63, 3.8) is 0 Å². The molecule has 0 unspecified atom stereocenters. The number of quaternary nitrogens is 1. The second-order valence-corrected chi connectivity index (χ2v) is 6.82. The van der Waals surface area contributed by atoms with Crippen molar-refractivity contribution >= 4 is 6.21 Å². The van der Waals surface area contributed by atoms with E-state index in [0.717, 1.165) is 37.0 Å². The molecule has 0 radical (unpaired) electrons. The van der Waals surface area contributed by atoms with Crippen LogP contribution in [0, 0.1) is 0 Å². The number of nitrogens with one attached hydrogen (secondary N) is 2. The van der Waals surface area contributed by atoms with Crippen LogP contribution in [0.25, 0.3) is 0 Å². The molecule has 27 heavy (non-hydrogen) atoms. The number of H-pyrrole nitrogens is 1.